The Balaban J connectivity index is 1.62. The molecule has 0 bridgehead atoms. The van der Waals surface area contributed by atoms with Gasteiger partial charge < -0.3 is 10.1 Å². The molecule has 0 aliphatic carbocycles. The van der Waals surface area contributed by atoms with E-state index in [1.54, 1.807) is 0 Å². The minimum atomic E-state index is -0.1000. The molecule has 1 atom stereocenters. The van der Waals surface area contributed by atoms with Crippen LogP contribution >= 0.6 is 23.4 Å². The molecule has 6 heteroatoms. The topological polar surface area (TPSA) is 51.2 Å². The summed E-state index contributed by atoms with van der Waals surface area (Å²) < 4.78 is 5.60. The second kappa shape index (κ2) is 8.30. The van der Waals surface area contributed by atoms with Gasteiger partial charge in [-0.05, 0) is 43.2 Å². The lowest BCUT2D eigenvalue weighted by Gasteiger charge is -2.13. The number of pyridine rings is 1. The Bertz CT molecular complexity index is 973. The van der Waals surface area contributed by atoms with Gasteiger partial charge in [0.1, 0.15) is 5.03 Å². The number of carbonyl (C=O) groups is 1. The number of hydrogen-bond acceptors (Lipinski definition) is 4. The first-order chi connectivity index (χ1) is 13.2. The molecule has 0 spiro atoms. The predicted octanol–water partition coefficient (Wildman–Crippen LogP) is 4.95. The van der Waals surface area contributed by atoms with Crippen LogP contribution in [0.3, 0.4) is 0 Å². The van der Waals surface area contributed by atoms with E-state index in [1.165, 1.54) is 11.8 Å². The lowest BCUT2D eigenvalue weighted by atomic mass is 10.1. The summed E-state index contributed by atoms with van der Waals surface area (Å²) in [6.45, 7) is 1.31. The predicted molar refractivity (Wildman–Crippen MR) is 109 cm³/mol. The second-order valence-corrected chi connectivity index (χ2v) is 7.96. The zero-order chi connectivity index (χ0) is 18.6. The molecule has 1 amide bonds. The van der Waals surface area contributed by atoms with Gasteiger partial charge >= 0.3 is 0 Å². The van der Waals surface area contributed by atoms with Crippen molar-refractivity contribution in [2.75, 3.05) is 13.2 Å². The van der Waals surface area contributed by atoms with Crippen LogP contribution in [0.25, 0.3) is 10.9 Å². The third kappa shape index (κ3) is 4.43. The number of nitrogens with zero attached hydrogens (tertiary/aromatic N) is 1. The highest BCUT2D eigenvalue weighted by atomic mass is 35.5. The molecule has 138 valence electrons. The fourth-order valence-electron chi connectivity index (χ4n) is 3.15. The van der Waals surface area contributed by atoms with Gasteiger partial charge in [-0.25, -0.2) is 4.98 Å². The fourth-order valence-corrected chi connectivity index (χ4v) is 4.30. The molecule has 1 fully saturated rings. The molecule has 4 rings (SSSR count). The summed E-state index contributed by atoms with van der Waals surface area (Å²) in [5, 5.41) is 5.29. The Labute approximate surface area is 167 Å². The van der Waals surface area contributed by atoms with Gasteiger partial charge in [0.2, 0.25) is 0 Å². The number of aromatic nitrogens is 1. The van der Waals surface area contributed by atoms with Crippen molar-refractivity contribution in [1.29, 1.82) is 0 Å². The third-order valence-electron chi connectivity index (χ3n) is 4.47. The number of para-hydroxylation sites is 1. The van der Waals surface area contributed by atoms with Crippen LogP contribution in [0.1, 0.15) is 23.2 Å². The van der Waals surface area contributed by atoms with Crippen LogP contribution in [0.5, 0.6) is 0 Å². The molecule has 27 heavy (non-hydrogen) atoms. The number of halogens is 1. The van der Waals surface area contributed by atoms with Crippen LogP contribution in [0.15, 0.2) is 64.5 Å². The van der Waals surface area contributed by atoms with Crippen LogP contribution in [-0.4, -0.2) is 30.1 Å². The van der Waals surface area contributed by atoms with Crippen molar-refractivity contribution in [2.45, 2.75) is 28.9 Å². The molecular formula is C21H19ClN2O2S. The van der Waals surface area contributed by atoms with Gasteiger partial charge in [-0.2, -0.15) is 0 Å². The van der Waals surface area contributed by atoms with E-state index < -0.39 is 0 Å². The fraction of sp³-hybridized carbons (Fsp3) is 0.238. The highest BCUT2D eigenvalue weighted by Crippen LogP contribution is 2.31. The van der Waals surface area contributed by atoms with E-state index in [0.29, 0.717) is 17.1 Å². The summed E-state index contributed by atoms with van der Waals surface area (Å²) in [5.74, 6) is -0.1000. The van der Waals surface area contributed by atoms with Crippen molar-refractivity contribution in [3.05, 3.63) is 65.2 Å². The van der Waals surface area contributed by atoms with E-state index in [4.69, 9.17) is 21.3 Å². The van der Waals surface area contributed by atoms with Crippen molar-refractivity contribution >= 4 is 40.2 Å². The monoisotopic (exact) mass is 398 g/mol. The molecule has 3 aromatic rings. The Kier molecular flexibility index (Phi) is 5.62. The maximum atomic E-state index is 12.8. The Morgan fingerprint density at radius 3 is 2.93 bits per heavy atom. The summed E-state index contributed by atoms with van der Waals surface area (Å²) in [6.07, 6.45) is 2.16. The van der Waals surface area contributed by atoms with Crippen molar-refractivity contribution in [1.82, 2.24) is 10.3 Å². The van der Waals surface area contributed by atoms with Crippen LogP contribution in [0.4, 0.5) is 0 Å². The Hall–Kier alpha value is -2.08. The molecule has 2 heterocycles. The maximum absolute atomic E-state index is 12.8. The van der Waals surface area contributed by atoms with Gasteiger partial charge in [0, 0.05) is 28.5 Å². The van der Waals surface area contributed by atoms with Crippen LogP contribution < -0.4 is 5.32 Å². The molecule has 1 N–H and O–H groups in total. The van der Waals surface area contributed by atoms with Crippen molar-refractivity contribution in [2.24, 2.45) is 0 Å². The molecule has 4 nitrogen and oxygen atoms in total. The maximum Gasteiger partial charge on any atom is 0.252 e. The zero-order valence-electron chi connectivity index (χ0n) is 14.7. The standard InChI is InChI=1S/C21H19ClN2O2S/c22-14-5-3-7-16(11-14)27-20-12-18(17-8-1-2-9-19(17)24-20)21(25)23-13-15-6-4-10-26-15/h1-3,5,7-9,11-12,15H,4,6,10,13H2,(H,23,25)/t15-/m1/s1. The number of fused-ring (bicyclic) bond motifs is 1. The summed E-state index contributed by atoms with van der Waals surface area (Å²) >= 11 is 7.57. The second-order valence-electron chi connectivity index (χ2n) is 6.43. The normalized spacial score (nSPS) is 16.6. The van der Waals surface area contributed by atoms with Crippen molar-refractivity contribution in [3.8, 4) is 0 Å². The van der Waals surface area contributed by atoms with Gasteiger partial charge in [-0.15, -0.1) is 0 Å². The Morgan fingerprint density at radius 1 is 1.22 bits per heavy atom. The third-order valence-corrected chi connectivity index (χ3v) is 5.61. The molecule has 0 saturated carbocycles. The van der Waals surface area contributed by atoms with Gasteiger partial charge in [0.15, 0.2) is 0 Å². The minimum absolute atomic E-state index is 0.1000. The smallest absolute Gasteiger partial charge is 0.252 e. The molecule has 1 aromatic heterocycles. The first kappa shape index (κ1) is 18.3. The van der Waals surface area contributed by atoms with Crippen molar-refractivity contribution < 1.29 is 9.53 Å². The van der Waals surface area contributed by atoms with E-state index >= 15 is 0 Å². The highest BCUT2D eigenvalue weighted by molar-refractivity contribution is 7.99. The molecule has 1 aliphatic heterocycles. The molecule has 0 unspecified atom stereocenters. The van der Waals surface area contributed by atoms with Gasteiger partial charge in [0.25, 0.3) is 5.91 Å². The average Bonchev–Trinajstić information content (AvgIpc) is 3.19. The van der Waals surface area contributed by atoms with Gasteiger partial charge in [-0.3, -0.25) is 4.79 Å². The molecule has 2 aromatic carbocycles. The number of carbonyl (C=O) groups excluding carboxylic acids is 1. The van der Waals surface area contributed by atoms with Crippen LogP contribution in [0.2, 0.25) is 5.02 Å². The SMILES string of the molecule is O=C(NC[C@H]1CCCO1)c1cc(Sc2cccc(Cl)c2)nc2ccccc12. The number of rotatable bonds is 5. The summed E-state index contributed by atoms with van der Waals surface area (Å²) in [6, 6.07) is 17.2. The summed E-state index contributed by atoms with van der Waals surface area (Å²) in [5.41, 5.74) is 1.43. The lowest BCUT2D eigenvalue weighted by Crippen LogP contribution is -2.31. The minimum Gasteiger partial charge on any atom is -0.376 e. The molecular weight excluding hydrogens is 380 g/mol. The number of ether oxygens (including phenoxy) is 1. The van der Waals surface area contributed by atoms with E-state index in [-0.39, 0.29) is 12.0 Å². The number of hydrogen-bond donors (Lipinski definition) is 1. The number of amides is 1. The molecule has 1 aliphatic rings. The Morgan fingerprint density at radius 2 is 2.11 bits per heavy atom. The van der Waals surface area contributed by atoms with Gasteiger partial charge in [-0.1, -0.05) is 47.6 Å². The highest BCUT2D eigenvalue weighted by Gasteiger charge is 2.18. The zero-order valence-corrected chi connectivity index (χ0v) is 16.2. The number of benzene rings is 2. The number of nitrogens with one attached hydrogen (secondary N) is 1. The quantitative estimate of drug-likeness (QED) is 0.660. The molecule has 0 radical (unpaired) electrons. The summed E-state index contributed by atoms with van der Waals surface area (Å²) in [4.78, 5) is 18.5. The first-order valence-electron chi connectivity index (χ1n) is 8.92. The van der Waals surface area contributed by atoms with E-state index in [0.717, 1.165) is 40.3 Å². The van der Waals surface area contributed by atoms with E-state index in [2.05, 4.69) is 5.32 Å². The summed E-state index contributed by atoms with van der Waals surface area (Å²) in [7, 11) is 0. The average molecular weight is 399 g/mol. The van der Waals surface area contributed by atoms with Crippen molar-refractivity contribution in [3.63, 3.8) is 0 Å². The van der Waals surface area contributed by atoms with Gasteiger partial charge in [0.05, 0.1) is 17.2 Å². The van der Waals surface area contributed by atoms with E-state index in [1.807, 2.05) is 54.6 Å². The lowest BCUT2D eigenvalue weighted by molar-refractivity contribution is 0.0859. The van der Waals surface area contributed by atoms with E-state index in [9.17, 15) is 4.79 Å². The molecule has 1 saturated heterocycles. The van der Waals surface area contributed by atoms with Crippen LogP contribution in [-0.2, 0) is 4.74 Å². The largest absolute Gasteiger partial charge is 0.376 e. The first-order valence-corrected chi connectivity index (χ1v) is 10.1. The van der Waals surface area contributed by atoms with Crippen LogP contribution in [0, 0.1) is 0 Å².